The van der Waals surface area contributed by atoms with Gasteiger partial charge in [-0.25, -0.2) is 4.39 Å². The number of anilines is 1. The summed E-state index contributed by atoms with van der Waals surface area (Å²) < 4.78 is 19.8. The van der Waals surface area contributed by atoms with E-state index in [0.717, 1.165) is 5.56 Å². The highest BCUT2D eigenvalue weighted by Gasteiger charge is 2.20. The fourth-order valence-electron chi connectivity index (χ4n) is 2.58. The van der Waals surface area contributed by atoms with E-state index in [1.165, 1.54) is 41.3 Å². The maximum atomic E-state index is 13.1. The van der Waals surface area contributed by atoms with E-state index in [4.69, 9.17) is 4.42 Å². The number of benzene rings is 2. The summed E-state index contributed by atoms with van der Waals surface area (Å²) in [4.78, 5) is 13.0. The fraction of sp³-hybridized carbons (Fsp3) is 0. The Bertz CT molecular complexity index is 1100. The first-order valence-electron chi connectivity index (χ1n) is 8.37. The lowest BCUT2D eigenvalue weighted by Crippen LogP contribution is -2.19. The number of furan rings is 1. The molecule has 0 bridgehead atoms. The first kappa shape index (κ1) is 17.3. The molecule has 0 atom stereocenters. The zero-order valence-corrected chi connectivity index (χ0v) is 14.5. The van der Waals surface area contributed by atoms with Crippen molar-refractivity contribution in [3.8, 4) is 11.4 Å². The van der Waals surface area contributed by atoms with Crippen molar-refractivity contribution in [3.05, 3.63) is 84.6 Å². The van der Waals surface area contributed by atoms with Crippen molar-refractivity contribution in [1.29, 1.82) is 0 Å². The third-order valence-electron chi connectivity index (χ3n) is 3.89. The molecule has 0 aliphatic heterocycles. The number of carbonyl (C=O) groups is 1. The minimum absolute atomic E-state index is 0.142. The number of aromatic nitrogens is 4. The van der Waals surface area contributed by atoms with Gasteiger partial charge in [-0.05, 0) is 46.8 Å². The van der Waals surface area contributed by atoms with Crippen molar-refractivity contribution in [1.82, 2.24) is 20.2 Å². The Labute approximate surface area is 159 Å². The Morgan fingerprint density at radius 2 is 1.82 bits per heavy atom. The van der Waals surface area contributed by atoms with Crippen LogP contribution in [0.4, 0.5) is 10.1 Å². The maximum absolute atomic E-state index is 13.1. The third kappa shape index (κ3) is 3.70. The van der Waals surface area contributed by atoms with E-state index in [1.54, 1.807) is 12.1 Å². The van der Waals surface area contributed by atoms with Crippen molar-refractivity contribution in [2.45, 2.75) is 0 Å². The number of rotatable bonds is 5. The van der Waals surface area contributed by atoms with Crippen LogP contribution in [0.2, 0.25) is 0 Å². The number of tetrazole rings is 1. The molecule has 0 fully saturated rings. The molecule has 0 unspecified atom stereocenters. The molecule has 0 spiro atoms. The van der Waals surface area contributed by atoms with Crippen molar-refractivity contribution < 1.29 is 13.6 Å². The number of carbonyl (C=O) groups excluding carboxylic acids is 1. The minimum atomic E-state index is -0.479. The van der Waals surface area contributed by atoms with Crippen LogP contribution in [0.1, 0.15) is 5.76 Å². The Hall–Kier alpha value is -4.07. The molecule has 8 heteroatoms. The fourth-order valence-corrected chi connectivity index (χ4v) is 2.58. The van der Waals surface area contributed by atoms with Crippen LogP contribution in [0.25, 0.3) is 23.2 Å². The molecule has 0 aliphatic carbocycles. The summed E-state index contributed by atoms with van der Waals surface area (Å²) in [5, 5.41) is 14.4. The van der Waals surface area contributed by atoms with Crippen LogP contribution in [0.5, 0.6) is 0 Å². The summed E-state index contributed by atoms with van der Waals surface area (Å²) in [6, 6.07) is 18.1. The van der Waals surface area contributed by atoms with E-state index >= 15 is 0 Å². The summed E-state index contributed by atoms with van der Waals surface area (Å²) in [5.74, 6) is -0.0184. The van der Waals surface area contributed by atoms with E-state index < -0.39 is 11.7 Å². The zero-order valence-electron chi connectivity index (χ0n) is 14.5. The number of nitrogens with zero attached hydrogens (tertiary/aromatic N) is 4. The SMILES string of the molecule is O=C(Nc1ccc(F)cc1)/C(=C\c1ccco1)n1nnnc1-c1ccccc1. The van der Waals surface area contributed by atoms with Crippen LogP contribution in [0.15, 0.2) is 77.4 Å². The monoisotopic (exact) mass is 375 g/mol. The van der Waals surface area contributed by atoms with Crippen LogP contribution < -0.4 is 5.32 Å². The molecular weight excluding hydrogens is 361 g/mol. The van der Waals surface area contributed by atoms with E-state index in [1.807, 2.05) is 30.3 Å². The van der Waals surface area contributed by atoms with Gasteiger partial charge >= 0.3 is 0 Å². The van der Waals surface area contributed by atoms with E-state index in [9.17, 15) is 9.18 Å². The van der Waals surface area contributed by atoms with Crippen molar-refractivity contribution in [2.75, 3.05) is 5.32 Å². The quantitative estimate of drug-likeness (QED) is 0.538. The third-order valence-corrected chi connectivity index (χ3v) is 3.89. The van der Waals surface area contributed by atoms with Gasteiger partial charge in [-0.2, -0.15) is 4.68 Å². The van der Waals surface area contributed by atoms with Crippen LogP contribution in [-0.4, -0.2) is 26.1 Å². The Morgan fingerprint density at radius 1 is 1.04 bits per heavy atom. The Morgan fingerprint density at radius 3 is 2.54 bits per heavy atom. The molecule has 0 aliphatic rings. The van der Waals surface area contributed by atoms with E-state index in [2.05, 4.69) is 20.8 Å². The molecule has 2 aromatic carbocycles. The molecule has 4 aromatic rings. The van der Waals surface area contributed by atoms with Crippen LogP contribution in [-0.2, 0) is 4.79 Å². The van der Waals surface area contributed by atoms with Gasteiger partial charge in [0.15, 0.2) is 5.82 Å². The smallest absolute Gasteiger partial charge is 0.274 e. The van der Waals surface area contributed by atoms with Crippen LogP contribution >= 0.6 is 0 Å². The number of hydrogen-bond acceptors (Lipinski definition) is 5. The number of hydrogen-bond donors (Lipinski definition) is 1. The lowest BCUT2D eigenvalue weighted by atomic mass is 10.2. The summed E-state index contributed by atoms with van der Waals surface area (Å²) in [6.07, 6.45) is 3.03. The molecule has 7 nitrogen and oxygen atoms in total. The van der Waals surface area contributed by atoms with Gasteiger partial charge < -0.3 is 9.73 Å². The van der Waals surface area contributed by atoms with Gasteiger partial charge in [-0.3, -0.25) is 4.79 Å². The zero-order chi connectivity index (χ0) is 19.3. The summed E-state index contributed by atoms with van der Waals surface area (Å²) >= 11 is 0. The highest BCUT2D eigenvalue weighted by atomic mass is 19.1. The van der Waals surface area contributed by atoms with Gasteiger partial charge in [0.05, 0.1) is 6.26 Å². The average Bonchev–Trinajstić information content (AvgIpc) is 3.40. The number of halogens is 1. The first-order valence-corrected chi connectivity index (χ1v) is 8.37. The van der Waals surface area contributed by atoms with Crippen molar-refractivity contribution in [3.63, 3.8) is 0 Å². The molecule has 28 heavy (non-hydrogen) atoms. The first-order chi connectivity index (χ1) is 13.7. The van der Waals surface area contributed by atoms with E-state index in [0.29, 0.717) is 17.3 Å². The highest BCUT2D eigenvalue weighted by Crippen LogP contribution is 2.21. The molecule has 0 saturated heterocycles. The number of nitrogens with one attached hydrogen (secondary N) is 1. The van der Waals surface area contributed by atoms with Gasteiger partial charge in [0, 0.05) is 17.3 Å². The molecule has 1 amide bonds. The topological polar surface area (TPSA) is 85.8 Å². The van der Waals surface area contributed by atoms with Gasteiger partial charge in [-0.15, -0.1) is 5.10 Å². The molecule has 0 radical (unpaired) electrons. The summed E-state index contributed by atoms with van der Waals surface area (Å²) in [5.41, 5.74) is 1.32. The van der Waals surface area contributed by atoms with Gasteiger partial charge in [0.25, 0.3) is 5.91 Å². The predicted molar refractivity (Wildman–Crippen MR) is 101 cm³/mol. The lowest BCUT2D eigenvalue weighted by Gasteiger charge is -2.10. The molecule has 2 heterocycles. The standard InChI is InChI=1S/C20H14FN5O2/c21-15-8-10-16(11-9-15)22-20(27)18(13-17-7-4-12-28-17)26-19(23-24-25-26)14-5-2-1-3-6-14/h1-13H,(H,22,27)/b18-13+. The van der Waals surface area contributed by atoms with Crippen molar-refractivity contribution in [2.24, 2.45) is 0 Å². The largest absolute Gasteiger partial charge is 0.465 e. The normalized spacial score (nSPS) is 11.4. The predicted octanol–water partition coefficient (Wildman–Crippen LogP) is 3.71. The summed E-state index contributed by atoms with van der Waals surface area (Å²) in [6.45, 7) is 0. The Balaban J connectivity index is 1.74. The minimum Gasteiger partial charge on any atom is -0.465 e. The second kappa shape index (κ2) is 7.67. The molecule has 138 valence electrons. The highest BCUT2D eigenvalue weighted by molar-refractivity contribution is 6.24. The average molecular weight is 375 g/mol. The van der Waals surface area contributed by atoms with Gasteiger partial charge in [0.1, 0.15) is 17.3 Å². The van der Waals surface area contributed by atoms with Crippen LogP contribution in [0.3, 0.4) is 0 Å². The van der Waals surface area contributed by atoms with Crippen LogP contribution in [0, 0.1) is 5.82 Å². The van der Waals surface area contributed by atoms with Crippen molar-refractivity contribution >= 4 is 23.4 Å². The van der Waals surface area contributed by atoms with Gasteiger partial charge in [-0.1, -0.05) is 30.3 Å². The molecule has 4 rings (SSSR count). The Kier molecular flexibility index (Phi) is 4.75. The summed E-state index contributed by atoms with van der Waals surface area (Å²) in [7, 11) is 0. The second-order valence-corrected chi connectivity index (χ2v) is 5.79. The molecule has 2 aromatic heterocycles. The number of amides is 1. The molecular formula is C20H14FN5O2. The molecule has 0 saturated carbocycles. The van der Waals surface area contributed by atoms with Gasteiger partial charge in [0.2, 0.25) is 0 Å². The molecule has 1 N–H and O–H groups in total. The maximum Gasteiger partial charge on any atom is 0.274 e. The van der Waals surface area contributed by atoms with E-state index in [-0.39, 0.29) is 5.70 Å². The second-order valence-electron chi connectivity index (χ2n) is 5.79. The lowest BCUT2D eigenvalue weighted by molar-refractivity contribution is -0.111.